The van der Waals surface area contributed by atoms with E-state index in [4.69, 9.17) is 0 Å². The lowest BCUT2D eigenvalue weighted by molar-refractivity contribution is 0.0683. The molecular formula is C22H20N2O4. The Bertz CT molecular complexity index is 975. The van der Waals surface area contributed by atoms with Crippen LogP contribution in [-0.4, -0.2) is 22.2 Å². The van der Waals surface area contributed by atoms with Crippen molar-refractivity contribution in [2.45, 2.75) is 13.8 Å². The van der Waals surface area contributed by atoms with E-state index in [0.717, 1.165) is 11.1 Å². The number of anilines is 4. The molecule has 0 bridgehead atoms. The van der Waals surface area contributed by atoms with Crippen molar-refractivity contribution in [2.75, 3.05) is 10.6 Å². The van der Waals surface area contributed by atoms with E-state index in [1.807, 2.05) is 50.2 Å². The maximum Gasteiger partial charge on any atom is 0.337 e. The number of aryl methyl sites for hydroxylation is 2. The molecule has 0 amide bonds. The average Bonchev–Trinajstić information content (AvgIpc) is 2.65. The van der Waals surface area contributed by atoms with Crippen LogP contribution in [0.4, 0.5) is 22.7 Å². The second-order valence-electron chi connectivity index (χ2n) is 6.43. The number of carboxylic acid groups (broad SMARTS) is 2. The predicted octanol–water partition coefficient (Wildman–Crippen LogP) is 5.19. The van der Waals surface area contributed by atoms with Crippen LogP contribution in [0.2, 0.25) is 0 Å². The van der Waals surface area contributed by atoms with Gasteiger partial charge in [0.05, 0.1) is 22.5 Å². The highest BCUT2D eigenvalue weighted by Gasteiger charge is 2.20. The summed E-state index contributed by atoms with van der Waals surface area (Å²) in [6.45, 7) is 3.77. The molecule has 28 heavy (non-hydrogen) atoms. The molecule has 3 aromatic carbocycles. The van der Waals surface area contributed by atoms with E-state index in [0.29, 0.717) is 11.4 Å². The summed E-state index contributed by atoms with van der Waals surface area (Å²) in [6.07, 6.45) is 0. The standard InChI is InChI=1S/C22H20N2O4/c1-13-7-3-5-9-17(13)23-19-11-16(22(27)28)20(12-15(19)21(25)26)24-18-10-6-4-8-14(18)2/h3-12,23-24H,1-2H3,(H,25,26)(H,27,28). The van der Waals surface area contributed by atoms with Gasteiger partial charge < -0.3 is 20.8 Å². The van der Waals surface area contributed by atoms with Gasteiger partial charge in [0.25, 0.3) is 0 Å². The van der Waals surface area contributed by atoms with Crippen LogP contribution < -0.4 is 10.6 Å². The van der Waals surface area contributed by atoms with E-state index in [9.17, 15) is 19.8 Å². The van der Waals surface area contributed by atoms with Gasteiger partial charge in [0.1, 0.15) is 0 Å². The number of aromatic carboxylic acids is 2. The third-order valence-electron chi connectivity index (χ3n) is 4.45. The molecule has 0 saturated heterocycles. The monoisotopic (exact) mass is 376 g/mol. The first-order valence-electron chi connectivity index (χ1n) is 8.66. The molecule has 6 heteroatoms. The Labute approximate surface area is 162 Å². The number of nitrogens with one attached hydrogen (secondary N) is 2. The lowest BCUT2D eigenvalue weighted by Crippen LogP contribution is -2.10. The Hall–Kier alpha value is -3.80. The van der Waals surface area contributed by atoms with Crippen molar-refractivity contribution in [3.8, 4) is 0 Å². The highest BCUT2D eigenvalue weighted by atomic mass is 16.4. The molecule has 3 rings (SSSR count). The summed E-state index contributed by atoms with van der Waals surface area (Å²) in [5.41, 5.74) is 3.63. The second kappa shape index (κ2) is 7.84. The lowest BCUT2D eigenvalue weighted by Gasteiger charge is -2.17. The van der Waals surface area contributed by atoms with Crippen LogP contribution in [0.5, 0.6) is 0 Å². The Kier molecular flexibility index (Phi) is 5.31. The smallest absolute Gasteiger partial charge is 0.337 e. The van der Waals surface area contributed by atoms with E-state index in [2.05, 4.69) is 10.6 Å². The van der Waals surface area contributed by atoms with E-state index in [1.54, 1.807) is 12.1 Å². The average molecular weight is 376 g/mol. The number of hydrogen-bond donors (Lipinski definition) is 4. The molecule has 0 aromatic heterocycles. The van der Waals surface area contributed by atoms with Gasteiger partial charge in [0.15, 0.2) is 0 Å². The third-order valence-corrected chi connectivity index (χ3v) is 4.45. The van der Waals surface area contributed by atoms with Crippen LogP contribution in [0.25, 0.3) is 0 Å². The van der Waals surface area contributed by atoms with Crippen LogP contribution >= 0.6 is 0 Å². The van der Waals surface area contributed by atoms with Crippen LogP contribution in [-0.2, 0) is 0 Å². The number of para-hydroxylation sites is 2. The van der Waals surface area contributed by atoms with Gasteiger partial charge in [-0.15, -0.1) is 0 Å². The van der Waals surface area contributed by atoms with Gasteiger partial charge >= 0.3 is 11.9 Å². The Morgan fingerprint density at radius 3 is 1.32 bits per heavy atom. The maximum atomic E-state index is 11.8. The number of carbonyl (C=O) groups is 2. The molecule has 0 aliphatic rings. The van der Waals surface area contributed by atoms with Gasteiger partial charge in [-0.3, -0.25) is 0 Å². The maximum absolute atomic E-state index is 11.8. The fourth-order valence-electron chi connectivity index (χ4n) is 2.88. The minimum Gasteiger partial charge on any atom is -0.478 e. The molecule has 0 spiro atoms. The Morgan fingerprint density at radius 1 is 0.643 bits per heavy atom. The summed E-state index contributed by atoms with van der Waals surface area (Å²) >= 11 is 0. The fraction of sp³-hybridized carbons (Fsp3) is 0.0909. The van der Waals surface area contributed by atoms with E-state index >= 15 is 0 Å². The zero-order chi connectivity index (χ0) is 20.3. The fourth-order valence-corrected chi connectivity index (χ4v) is 2.88. The van der Waals surface area contributed by atoms with E-state index in [-0.39, 0.29) is 22.5 Å². The van der Waals surface area contributed by atoms with E-state index < -0.39 is 11.9 Å². The van der Waals surface area contributed by atoms with Crippen LogP contribution in [0.15, 0.2) is 60.7 Å². The Morgan fingerprint density at radius 2 is 1.00 bits per heavy atom. The summed E-state index contributed by atoms with van der Waals surface area (Å²) in [6, 6.07) is 17.5. The van der Waals surface area contributed by atoms with Gasteiger partial charge in [-0.2, -0.15) is 0 Å². The number of carboxylic acids is 2. The highest BCUT2D eigenvalue weighted by Crippen LogP contribution is 2.32. The molecule has 0 aliphatic carbocycles. The molecule has 6 nitrogen and oxygen atoms in total. The summed E-state index contributed by atoms with van der Waals surface area (Å²) in [7, 11) is 0. The molecule has 142 valence electrons. The zero-order valence-corrected chi connectivity index (χ0v) is 15.5. The third kappa shape index (κ3) is 3.96. The molecule has 0 fully saturated rings. The topological polar surface area (TPSA) is 98.7 Å². The molecule has 3 aromatic rings. The largest absolute Gasteiger partial charge is 0.478 e. The van der Waals surface area contributed by atoms with Crippen LogP contribution in [0.3, 0.4) is 0 Å². The first-order valence-corrected chi connectivity index (χ1v) is 8.66. The summed E-state index contributed by atoms with van der Waals surface area (Å²) < 4.78 is 0. The Balaban J connectivity index is 2.10. The summed E-state index contributed by atoms with van der Waals surface area (Å²) in [5.74, 6) is -2.30. The first-order chi connectivity index (χ1) is 13.4. The van der Waals surface area contributed by atoms with Crippen molar-refractivity contribution in [1.82, 2.24) is 0 Å². The van der Waals surface area contributed by atoms with Crippen molar-refractivity contribution in [2.24, 2.45) is 0 Å². The van der Waals surface area contributed by atoms with E-state index in [1.165, 1.54) is 12.1 Å². The molecule has 0 radical (unpaired) electrons. The number of rotatable bonds is 6. The normalized spacial score (nSPS) is 10.4. The van der Waals surface area contributed by atoms with Gasteiger partial charge in [-0.1, -0.05) is 36.4 Å². The van der Waals surface area contributed by atoms with Crippen molar-refractivity contribution in [3.63, 3.8) is 0 Å². The lowest BCUT2D eigenvalue weighted by atomic mass is 10.0. The van der Waals surface area contributed by atoms with Crippen LogP contribution in [0.1, 0.15) is 31.8 Å². The van der Waals surface area contributed by atoms with Gasteiger partial charge in [-0.05, 0) is 49.2 Å². The van der Waals surface area contributed by atoms with Crippen molar-refractivity contribution in [3.05, 3.63) is 82.9 Å². The summed E-state index contributed by atoms with van der Waals surface area (Å²) in [5, 5.41) is 25.4. The second-order valence-corrected chi connectivity index (χ2v) is 6.43. The first kappa shape index (κ1) is 19.0. The van der Waals surface area contributed by atoms with Crippen molar-refractivity contribution >= 4 is 34.7 Å². The predicted molar refractivity (Wildman–Crippen MR) is 109 cm³/mol. The highest BCUT2D eigenvalue weighted by molar-refractivity contribution is 6.03. The molecule has 0 saturated carbocycles. The zero-order valence-electron chi connectivity index (χ0n) is 15.5. The van der Waals surface area contributed by atoms with Crippen molar-refractivity contribution in [1.29, 1.82) is 0 Å². The molecule has 0 aliphatic heterocycles. The molecule has 0 atom stereocenters. The molecule has 0 unspecified atom stereocenters. The van der Waals surface area contributed by atoms with Gasteiger partial charge in [-0.25, -0.2) is 9.59 Å². The minimum atomic E-state index is -1.15. The molecule has 4 N–H and O–H groups in total. The van der Waals surface area contributed by atoms with Gasteiger partial charge in [0.2, 0.25) is 0 Å². The number of hydrogen-bond acceptors (Lipinski definition) is 4. The number of benzene rings is 3. The SMILES string of the molecule is Cc1ccccc1Nc1cc(C(=O)O)c(Nc2ccccc2C)cc1C(=O)O. The van der Waals surface area contributed by atoms with Crippen LogP contribution in [0, 0.1) is 13.8 Å². The van der Waals surface area contributed by atoms with Crippen molar-refractivity contribution < 1.29 is 19.8 Å². The molecular weight excluding hydrogens is 356 g/mol. The quantitative estimate of drug-likeness (QED) is 0.473. The summed E-state index contributed by atoms with van der Waals surface area (Å²) in [4.78, 5) is 23.7. The molecule has 0 heterocycles. The van der Waals surface area contributed by atoms with Gasteiger partial charge in [0, 0.05) is 11.4 Å². The minimum absolute atomic E-state index is 0.0238.